The summed E-state index contributed by atoms with van der Waals surface area (Å²) in [4.78, 5) is 0. The minimum absolute atomic E-state index is 0.376. The molecule has 1 fully saturated rings. The van der Waals surface area contributed by atoms with Crippen molar-refractivity contribution >= 4 is 34.4 Å². The molecule has 5 aromatic rings. The van der Waals surface area contributed by atoms with Crippen LogP contribution in [0.5, 0.6) is 0 Å². The Hall–Kier alpha value is -3.34. The fourth-order valence-corrected chi connectivity index (χ4v) is 4.90. The molecule has 0 saturated carbocycles. The van der Waals surface area contributed by atoms with E-state index < -0.39 is 7.12 Å². The first-order valence-electron chi connectivity index (χ1n) is 11.9. The van der Waals surface area contributed by atoms with Gasteiger partial charge in [0.25, 0.3) is 0 Å². The minimum Gasteiger partial charge on any atom is -0.399 e. The summed E-state index contributed by atoms with van der Waals surface area (Å²) in [7, 11) is -0.398. The molecular weight excluding hydrogens is 417 g/mol. The minimum atomic E-state index is -0.398. The summed E-state index contributed by atoms with van der Waals surface area (Å²) in [5, 5.41) is 2.46. The van der Waals surface area contributed by atoms with Gasteiger partial charge in [0.05, 0.1) is 27.9 Å². The second kappa shape index (κ2) is 7.59. The van der Waals surface area contributed by atoms with Gasteiger partial charge < -0.3 is 13.9 Å². The van der Waals surface area contributed by atoms with Crippen LogP contribution >= 0.6 is 0 Å². The number of nitrogens with zero attached hydrogens (tertiary/aromatic N) is 1. The smallest absolute Gasteiger partial charge is 0.399 e. The predicted octanol–water partition coefficient (Wildman–Crippen LogP) is 6.75. The quantitative estimate of drug-likeness (QED) is 0.287. The van der Waals surface area contributed by atoms with Crippen LogP contribution in [0.4, 0.5) is 0 Å². The summed E-state index contributed by atoms with van der Waals surface area (Å²) in [6, 6.07) is 34.4. The molecule has 0 amide bonds. The maximum atomic E-state index is 6.38. The number of hydrogen-bond acceptors (Lipinski definition) is 2. The molecule has 2 heterocycles. The Morgan fingerprint density at radius 2 is 1.24 bits per heavy atom. The van der Waals surface area contributed by atoms with E-state index >= 15 is 0 Å². The zero-order chi connectivity index (χ0) is 23.5. The lowest BCUT2D eigenvalue weighted by Gasteiger charge is -2.32. The summed E-state index contributed by atoms with van der Waals surface area (Å²) < 4.78 is 15.1. The van der Waals surface area contributed by atoms with Gasteiger partial charge in [-0.3, -0.25) is 0 Å². The average Bonchev–Trinajstić information content (AvgIpc) is 3.28. The molecule has 34 heavy (non-hydrogen) atoms. The van der Waals surface area contributed by atoms with E-state index in [0.717, 1.165) is 16.7 Å². The van der Waals surface area contributed by atoms with Gasteiger partial charge in [-0.05, 0) is 56.9 Å². The third kappa shape index (κ3) is 3.21. The number of para-hydroxylation sites is 2. The molecule has 1 aromatic heterocycles. The van der Waals surface area contributed by atoms with E-state index in [1.165, 1.54) is 27.4 Å². The Labute approximate surface area is 201 Å². The monoisotopic (exact) mass is 445 g/mol. The summed E-state index contributed by atoms with van der Waals surface area (Å²) >= 11 is 0. The highest BCUT2D eigenvalue weighted by Gasteiger charge is 2.51. The molecule has 4 aromatic carbocycles. The van der Waals surface area contributed by atoms with Crippen LogP contribution in [0.2, 0.25) is 0 Å². The summed E-state index contributed by atoms with van der Waals surface area (Å²) in [5.41, 5.74) is 6.18. The summed E-state index contributed by atoms with van der Waals surface area (Å²) in [6.07, 6.45) is 0. The van der Waals surface area contributed by atoms with E-state index in [1.54, 1.807) is 0 Å². The largest absolute Gasteiger partial charge is 0.494 e. The van der Waals surface area contributed by atoms with Crippen LogP contribution < -0.4 is 5.46 Å². The van der Waals surface area contributed by atoms with Crippen molar-refractivity contribution in [3.63, 3.8) is 0 Å². The van der Waals surface area contributed by atoms with Crippen LogP contribution in [-0.2, 0) is 9.31 Å². The summed E-state index contributed by atoms with van der Waals surface area (Å²) in [6.45, 7) is 8.38. The molecule has 1 aliphatic heterocycles. The van der Waals surface area contributed by atoms with E-state index in [1.807, 2.05) is 0 Å². The molecular formula is C30H28BNO2. The van der Waals surface area contributed by atoms with Crippen molar-refractivity contribution < 1.29 is 9.31 Å². The molecule has 0 unspecified atom stereocenters. The maximum Gasteiger partial charge on any atom is 0.494 e. The molecule has 0 spiro atoms. The normalized spacial score (nSPS) is 17.0. The second-order valence-corrected chi connectivity index (χ2v) is 10.1. The zero-order valence-corrected chi connectivity index (χ0v) is 20.1. The van der Waals surface area contributed by atoms with Gasteiger partial charge in [0, 0.05) is 16.3 Å². The van der Waals surface area contributed by atoms with E-state index in [4.69, 9.17) is 9.31 Å². The third-order valence-electron chi connectivity index (χ3n) is 7.45. The SMILES string of the molecule is CC1(C)OB(c2ccc3c4ccccc4n(-c4ccccc4-c4ccccc4)c3c2)OC1(C)C. The molecule has 0 N–H and O–H groups in total. The molecule has 3 nitrogen and oxygen atoms in total. The first kappa shape index (κ1) is 21.2. The van der Waals surface area contributed by atoms with Crippen molar-refractivity contribution in [3.05, 3.63) is 97.1 Å². The van der Waals surface area contributed by atoms with Crippen LogP contribution in [0.1, 0.15) is 27.7 Å². The topological polar surface area (TPSA) is 23.4 Å². The van der Waals surface area contributed by atoms with Gasteiger partial charge in [-0.2, -0.15) is 0 Å². The molecule has 1 saturated heterocycles. The lowest BCUT2D eigenvalue weighted by atomic mass is 9.79. The van der Waals surface area contributed by atoms with Crippen LogP contribution in [0, 0.1) is 0 Å². The van der Waals surface area contributed by atoms with E-state index in [0.29, 0.717) is 0 Å². The van der Waals surface area contributed by atoms with E-state index in [-0.39, 0.29) is 11.2 Å². The van der Waals surface area contributed by atoms with Crippen molar-refractivity contribution in [1.82, 2.24) is 4.57 Å². The van der Waals surface area contributed by atoms with Gasteiger partial charge in [0.1, 0.15) is 0 Å². The van der Waals surface area contributed by atoms with Crippen LogP contribution in [-0.4, -0.2) is 22.9 Å². The van der Waals surface area contributed by atoms with Gasteiger partial charge in [-0.25, -0.2) is 0 Å². The first-order chi connectivity index (χ1) is 16.4. The Morgan fingerprint density at radius 1 is 0.618 bits per heavy atom. The highest BCUT2D eigenvalue weighted by Crippen LogP contribution is 2.38. The second-order valence-electron chi connectivity index (χ2n) is 10.1. The van der Waals surface area contributed by atoms with Crippen molar-refractivity contribution in [2.75, 3.05) is 0 Å². The number of rotatable bonds is 3. The molecule has 0 atom stereocenters. The molecule has 0 bridgehead atoms. The van der Waals surface area contributed by atoms with E-state index in [9.17, 15) is 0 Å². The fourth-order valence-electron chi connectivity index (χ4n) is 4.90. The Morgan fingerprint density at radius 3 is 2.00 bits per heavy atom. The Bertz CT molecular complexity index is 1500. The molecule has 168 valence electrons. The van der Waals surface area contributed by atoms with E-state index in [2.05, 4.69) is 129 Å². The lowest BCUT2D eigenvalue weighted by molar-refractivity contribution is 0.00578. The van der Waals surface area contributed by atoms with Crippen LogP contribution in [0.15, 0.2) is 97.1 Å². The van der Waals surface area contributed by atoms with Crippen molar-refractivity contribution in [2.45, 2.75) is 38.9 Å². The average molecular weight is 445 g/mol. The number of hydrogen-bond donors (Lipinski definition) is 0. The molecule has 0 aliphatic carbocycles. The number of fused-ring (bicyclic) bond motifs is 3. The van der Waals surface area contributed by atoms with Crippen LogP contribution in [0.3, 0.4) is 0 Å². The molecule has 4 heteroatoms. The Kier molecular flexibility index (Phi) is 4.74. The van der Waals surface area contributed by atoms with Crippen molar-refractivity contribution in [1.29, 1.82) is 0 Å². The van der Waals surface area contributed by atoms with Gasteiger partial charge in [-0.15, -0.1) is 0 Å². The third-order valence-corrected chi connectivity index (χ3v) is 7.45. The first-order valence-corrected chi connectivity index (χ1v) is 11.9. The van der Waals surface area contributed by atoms with Gasteiger partial charge in [-0.1, -0.05) is 78.9 Å². The molecule has 0 radical (unpaired) electrons. The summed E-state index contributed by atoms with van der Waals surface area (Å²) in [5.74, 6) is 0. The molecule has 6 rings (SSSR count). The predicted molar refractivity (Wildman–Crippen MR) is 142 cm³/mol. The maximum absolute atomic E-state index is 6.38. The molecule has 1 aliphatic rings. The highest BCUT2D eigenvalue weighted by atomic mass is 16.7. The van der Waals surface area contributed by atoms with Gasteiger partial charge >= 0.3 is 7.12 Å². The number of benzene rings is 4. The Balaban J connectivity index is 1.60. The zero-order valence-electron chi connectivity index (χ0n) is 20.1. The highest BCUT2D eigenvalue weighted by molar-refractivity contribution is 6.62. The van der Waals surface area contributed by atoms with Gasteiger partial charge in [0.2, 0.25) is 0 Å². The lowest BCUT2D eigenvalue weighted by Crippen LogP contribution is -2.41. The standard InChI is InChI=1S/C30H28BNO2/c1-29(2)30(3,4)34-31(33-29)22-18-19-25-24-15-9-11-17-27(24)32(28(25)20-22)26-16-10-8-14-23(26)21-12-6-5-7-13-21/h5-20H,1-4H3. The number of aromatic nitrogens is 1. The van der Waals surface area contributed by atoms with Crippen molar-refractivity contribution in [2.24, 2.45) is 0 Å². The van der Waals surface area contributed by atoms with Gasteiger partial charge in [0.15, 0.2) is 0 Å². The fraction of sp³-hybridized carbons (Fsp3) is 0.200. The van der Waals surface area contributed by atoms with Crippen LogP contribution in [0.25, 0.3) is 38.6 Å². The van der Waals surface area contributed by atoms with Crippen molar-refractivity contribution in [3.8, 4) is 16.8 Å².